The maximum absolute atomic E-state index is 12.3. The molecule has 5 nitrogen and oxygen atoms in total. The first-order chi connectivity index (χ1) is 9.97. The molecular formula is C15H25BrN4O. The lowest BCUT2D eigenvalue weighted by molar-refractivity contribution is 0.367. The quantitative estimate of drug-likeness (QED) is 0.777. The summed E-state index contributed by atoms with van der Waals surface area (Å²) in [5.74, 6) is 0. The molecule has 1 saturated carbocycles. The summed E-state index contributed by atoms with van der Waals surface area (Å²) in [6, 6.07) is 0. The van der Waals surface area contributed by atoms with Crippen LogP contribution in [0.15, 0.2) is 15.5 Å². The fourth-order valence-electron chi connectivity index (χ4n) is 2.55. The summed E-state index contributed by atoms with van der Waals surface area (Å²) < 4.78 is 2.09. The standard InChI is InChI=1S/C15H25BrN4O/c1-4-5-15(6-7-15)11-17-12-10-18-20(9-8-19(2)3)14(21)13(12)16/h10,17H,4-9,11H2,1-3H3. The molecule has 1 aromatic rings. The predicted octanol–water partition coefficient (Wildman–Crippen LogP) is 2.56. The number of aromatic nitrogens is 2. The van der Waals surface area contributed by atoms with Crippen LogP contribution in [0.4, 0.5) is 5.69 Å². The van der Waals surface area contributed by atoms with Crippen molar-refractivity contribution in [3.05, 3.63) is 21.0 Å². The first-order valence-corrected chi connectivity index (χ1v) is 8.41. The smallest absolute Gasteiger partial charge is 0.283 e. The molecule has 0 unspecified atom stereocenters. The van der Waals surface area contributed by atoms with Crippen molar-refractivity contribution < 1.29 is 0 Å². The van der Waals surface area contributed by atoms with E-state index in [1.54, 1.807) is 6.20 Å². The van der Waals surface area contributed by atoms with Gasteiger partial charge in [0, 0.05) is 13.1 Å². The molecule has 21 heavy (non-hydrogen) atoms. The van der Waals surface area contributed by atoms with Crippen LogP contribution in [-0.4, -0.2) is 41.9 Å². The predicted molar refractivity (Wildman–Crippen MR) is 89.8 cm³/mol. The average Bonchev–Trinajstić information content (AvgIpc) is 3.20. The van der Waals surface area contributed by atoms with Crippen LogP contribution < -0.4 is 10.9 Å². The lowest BCUT2D eigenvalue weighted by atomic mass is 10.0. The largest absolute Gasteiger partial charge is 0.382 e. The van der Waals surface area contributed by atoms with Crippen molar-refractivity contribution in [3.8, 4) is 0 Å². The van der Waals surface area contributed by atoms with Gasteiger partial charge < -0.3 is 10.2 Å². The van der Waals surface area contributed by atoms with Gasteiger partial charge in [0.05, 0.1) is 18.4 Å². The van der Waals surface area contributed by atoms with E-state index in [1.165, 1.54) is 30.4 Å². The van der Waals surface area contributed by atoms with Crippen molar-refractivity contribution in [2.45, 2.75) is 39.2 Å². The molecule has 6 heteroatoms. The van der Waals surface area contributed by atoms with E-state index in [4.69, 9.17) is 0 Å². The minimum atomic E-state index is -0.0674. The number of anilines is 1. The zero-order valence-electron chi connectivity index (χ0n) is 13.2. The van der Waals surface area contributed by atoms with Gasteiger partial charge in [0.1, 0.15) is 4.47 Å². The van der Waals surface area contributed by atoms with Crippen LogP contribution in [0.3, 0.4) is 0 Å². The van der Waals surface area contributed by atoms with Gasteiger partial charge in [-0.15, -0.1) is 0 Å². The molecule has 0 saturated heterocycles. The second-order valence-corrected chi connectivity index (χ2v) is 7.10. The molecule has 0 aliphatic heterocycles. The Balaban J connectivity index is 2.01. The summed E-state index contributed by atoms with van der Waals surface area (Å²) in [5.41, 5.74) is 1.19. The molecule has 1 aliphatic carbocycles. The molecule has 118 valence electrons. The van der Waals surface area contributed by atoms with E-state index < -0.39 is 0 Å². The number of likely N-dealkylation sites (N-methyl/N-ethyl adjacent to an activating group) is 1. The normalized spacial score (nSPS) is 16.2. The van der Waals surface area contributed by atoms with Gasteiger partial charge in [0.15, 0.2) is 0 Å². The minimum Gasteiger partial charge on any atom is -0.382 e. The first-order valence-electron chi connectivity index (χ1n) is 7.62. The van der Waals surface area contributed by atoms with Crippen LogP contribution in [0.1, 0.15) is 32.6 Å². The van der Waals surface area contributed by atoms with Gasteiger partial charge in [-0.2, -0.15) is 5.10 Å². The lowest BCUT2D eigenvalue weighted by Crippen LogP contribution is -2.29. The molecule has 1 N–H and O–H groups in total. The second-order valence-electron chi connectivity index (χ2n) is 6.31. The Hall–Kier alpha value is -0.880. The highest BCUT2D eigenvalue weighted by Gasteiger charge is 2.41. The summed E-state index contributed by atoms with van der Waals surface area (Å²) in [4.78, 5) is 14.3. The highest BCUT2D eigenvalue weighted by atomic mass is 79.9. The Morgan fingerprint density at radius 1 is 1.48 bits per heavy atom. The Labute approximate surface area is 134 Å². The van der Waals surface area contributed by atoms with Gasteiger partial charge in [-0.1, -0.05) is 13.3 Å². The van der Waals surface area contributed by atoms with E-state index >= 15 is 0 Å². The van der Waals surface area contributed by atoms with E-state index in [0.29, 0.717) is 16.4 Å². The van der Waals surface area contributed by atoms with Gasteiger partial charge in [0.25, 0.3) is 5.56 Å². The molecule has 0 aromatic carbocycles. The fraction of sp³-hybridized carbons (Fsp3) is 0.733. The number of hydrogen-bond donors (Lipinski definition) is 1. The van der Waals surface area contributed by atoms with Gasteiger partial charge in [0.2, 0.25) is 0 Å². The molecule has 1 aliphatic rings. The van der Waals surface area contributed by atoms with Crippen molar-refractivity contribution in [2.75, 3.05) is 32.5 Å². The van der Waals surface area contributed by atoms with Gasteiger partial charge >= 0.3 is 0 Å². The van der Waals surface area contributed by atoms with Crippen molar-refractivity contribution in [1.29, 1.82) is 0 Å². The molecule has 0 radical (unpaired) electrons. The topological polar surface area (TPSA) is 50.2 Å². The average molecular weight is 357 g/mol. The molecule has 0 amide bonds. The molecule has 0 spiro atoms. The van der Waals surface area contributed by atoms with E-state index in [9.17, 15) is 4.79 Å². The van der Waals surface area contributed by atoms with Gasteiger partial charge in [-0.25, -0.2) is 4.68 Å². The second kappa shape index (κ2) is 6.92. The summed E-state index contributed by atoms with van der Waals surface area (Å²) in [6.45, 7) is 4.56. The number of nitrogens with one attached hydrogen (secondary N) is 1. The Kier molecular flexibility index (Phi) is 5.43. The molecule has 2 rings (SSSR count). The maximum Gasteiger partial charge on any atom is 0.283 e. The highest BCUT2D eigenvalue weighted by molar-refractivity contribution is 9.10. The molecule has 1 fully saturated rings. The third kappa shape index (κ3) is 4.30. The van der Waals surface area contributed by atoms with Crippen LogP contribution in [0.25, 0.3) is 0 Å². The summed E-state index contributed by atoms with van der Waals surface area (Å²) in [7, 11) is 3.97. The Morgan fingerprint density at radius 2 is 2.19 bits per heavy atom. The summed E-state index contributed by atoms with van der Waals surface area (Å²) >= 11 is 3.42. The van der Waals surface area contributed by atoms with Crippen LogP contribution in [0.5, 0.6) is 0 Å². The maximum atomic E-state index is 12.3. The number of rotatable bonds is 8. The minimum absolute atomic E-state index is 0.0674. The summed E-state index contributed by atoms with van der Waals surface area (Å²) in [6.07, 6.45) is 6.80. The van der Waals surface area contributed by atoms with E-state index in [0.717, 1.165) is 18.8 Å². The van der Waals surface area contributed by atoms with Crippen LogP contribution >= 0.6 is 15.9 Å². The van der Waals surface area contributed by atoms with Crippen LogP contribution in [-0.2, 0) is 6.54 Å². The molecule has 0 bridgehead atoms. The monoisotopic (exact) mass is 356 g/mol. The molecule has 1 aromatic heterocycles. The zero-order chi connectivity index (χ0) is 15.5. The molecule has 0 atom stereocenters. The van der Waals surface area contributed by atoms with Gasteiger partial charge in [-0.3, -0.25) is 4.79 Å². The molecular weight excluding hydrogens is 332 g/mol. The van der Waals surface area contributed by atoms with Crippen molar-refractivity contribution in [2.24, 2.45) is 5.41 Å². The van der Waals surface area contributed by atoms with E-state index in [2.05, 4.69) is 33.3 Å². The number of nitrogens with zero attached hydrogens (tertiary/aromatic N) is 3. The number of hydrogen-bond acceptors (Lipinski definition) is 4. The zero-order valence-corrected chi connectivity index (χ0v) is 14.7. The SMILES string of the molecule is CCCC1(CNc2cnn(CCN(C)C)c(=O)c2Br)CC1. The van der Waals surface area contributed by atoms with Crippen molar-refractivity contribution >= 4 is 21.6 Å². The summed E-state index contributed by atoms with van der Waals surface area (Å²) in [5, 5.41) is 7.66. The number of halogens is 1. The van der Waals surface area contributed by atoms with E-state index in [-0.39, 0.29) is 5.56 Å². The first kappa shape index (κ1) is 16.5. The van der Waals surface area contributed by atoms with Gasteiger partial charge in [-0.05, 0) is 54.7 Å². The fourth-order valence-corrected chi connectivity index (χ4v) is 2.99. The van der Waals surface area contributed by atoms with Crippen LogP contribution in [0, 0.1) is 5.41 Å². The Morgan fingerprint density at radius 3 is 2.76 bits per heavy atom. The molecule has 1 heterocycles. The van der Waals surface area contributed by atoms with Crippen LogP contribution in [0.2, 0.25) is 0 Å². The van der Waals surface area contributed by atoms with Crippen molar-refractivity contribution in [3.63, 3.8) is 0 Å². The lowest BCUT2D eigenvalue weighted by Gasteiger charge is -2.17. The third-order valence-electron chi connectivity index (χ3n) is 4.14. The Bertz CT molecular complexity index is 537. The third-order valence-corrected chi connectivity index (χ3v) is 4.90. The van der Waals surface area contributed by atoms with Crippen molar-refractivity contribution in [1.82, 2.24) is 14.7 Å². The van der Waals surface area contributed by atoms with E-state index in [1.807, 2.05) is 19.0 Å². The highest BCUT2D eigenvalue weighted by Crippen LogP contribution is 2.49.